The number of carbonyl (C=O) groups excluding carboxylic acids is 3. The summed E-state index contributed by atoms with van der Waals surface area (Å²) in [6.07, 6.45) is 3.93. The molecule has 0 saturated heterocycles. The van der Waals surface area contributed by atoms with Crippen LogP contribution in [-0.4, -0.2) is 35.8 Å². The number of aromatic nitrogens is 1. The van der Waals surface area contributed by atoms with Gasteiger partial charge in [-0.15, -0.1) is 0 Å². The molecule has 170 valence electrons. The number of H-pyrrole nitrogens is 1. The molecule has 1 aliphatic carbocycles. The molecule has 6 heteroatoms. The lowest BCUT2D eigenvalue weighted by atomic mass is 9.78. The highest BCUT2D eigenvalue weighted by molar-refractivity contribution is 6.10. The number of fused-ring (bicyclic) bond motifs is 2. The van der Waals surface area contributed by atoms with Crippen molar-refractivity contribution in [3.8, 4) is 0 Å². The van der Waals surface area contributed by atoms with Crippen molar-refractivity contribution in [1.82, 2.24) is 4.98 Å². The van der Waals surface area contributed by atoms with Crippen LogP contribution in [0.15, 0.2) is 48.5 Å². The summed E-state index contributed by atoms with van der Waals surface area (Å²) in [5.41, 5.74) is 4.32. The third-order valence-electron chi connectivity index (χ3n) is 7.06. The highest BCUT2D eigenvalue weighted by Crippen LogP contribution is 2.36. The summed E-state index contributed by atoms with van der Waals surface area (Å²) in [5, 5.41) is 0.828. The van der Waals surface area contributed by atoms with E-state index in [2.05, 4.69) is 4.98 Å². The number of para-hydroxylation sites is 2. The van der Waals surface area contributed by atoms with Crippen LogP contribution in [-0.2, 0) is 20.7 Å². The minimum absolute atomic E-state index is 0.000370. The van der Waals surface area contributed by atoms with Crippen LogP contribution in [0.2, 0.25) is 0 Å². The van der Waals surface area contributed by atoms with Gasteiger partial charge in [0.1, 0.15) is 0 Å². The van der Waals surface area contributed by atoms with Crippen molar-refractivity contribution in [1.29, 1.82) is 0 Å². The molecule has 1 amide bonds. The first-order valence-corrected chi connectivity index (χ1v) is 11.7. The molecule has 2 aliphatic rings. The van der Waals surface area contributed by atoms with Crippen molar-refractivity contribution in [2.45, 2.75) is 39.0 Å². The molecule has 1 N–H and O–H groups in total. The first-order valence-electron chi connectivity index (χ1n) is 11.7. The zero-order chi connectivity index (χ0) is 22.9. The molecule has 0 unspecified atom stereocenters. The SMILES string of the molecule is Cc1[nH]c2ccccc2c1C(=O)COC(=O)[C@H]1CCCC[C@H]1C(=O)N1CCc2ccccc21. The lowest BCUT2D eigenvalue weighted by molar-refractivity contribution is -0.153. The molecule has 0 radical (unpaired) electrons. The van der Waals surface area contributed by atoms with Gasteiger partial charge in [-0.05, 0) is 43.9 Å². The summed E-state index contributed by atoms with van der Waals surface area (Å²) in [4.78, 5) is 44.4. The van der Waals surface area contributed by atoms with Crippen molar-refractivity contribution in [3.05, 3.63) is 65.4 Å². The summed E-state index contributed by atoms with van der Waals surface area (Å²) in [7, 11) is 0. The van der Waals surface area contributed by atoms with Crippen LogP contribution in [0.25, 0.3) is 10.9 Å². The summed E-state index contributed by atoms with van der Waals surface area (Å²) in [5.74, 6) is -1.57. The van der Waals surface area contributed by atoms with Gasteiger partial charge in [0.15, 0.2) is 6.61 Å². The first kappa shape index (κ1) is 21.4. The third kappa shape index (κ3) is 3.94. The number of hydrogen-bond donors (Lipinski definition) is 1. The molecule has 1 aliphatic heterocycles. The molecule has 5 rings (SSSR count). The number of benzene rings is 2. The standard InChI is InChI=1S/C27H28N2O4/c1-17-25(21-11-5-6-12-22(21)28-17)24(30)16-33-27(32)20-10-4-3-9-19(20)26(31)29-15-14-18-8-2-7-13-23(18)29/h2,5-8,11-13,19-20,28H,3-4,9-10,14-16H2,1H3/t19-,20+/m1/s1. The monoisotopic (exact) mass is 444 g/mol. The number of rotatable bonds is 5. The number of ketones is 1. The van der Waals surface area contributed by atoms with Gasteiger partial charge in [0, 0.05) is 34.4 Å². The van der Waals surface area contributed by atoms with Crippen molar-refractivity contribution in [3.63, 3.8) is 0 Å². The minimum atomic E-state index is -0.504. The van der Waals surface area contributed by atoms with E-state index >= 15 is 0 Å². The second kappa shape index (κ2) is 8.85. The van der Waals surface area contributed by atoms with E-state index in [0.717, 1.165) is 41.5 Å². The normalized spacial score (nSPS) is 20.0. The molecule has 2 atom stereocenters. The molecule has 6 nitrogen and oxygen atoms in total. The molecule has 0 bridgehead atoms. The predicted molar refractivity (Wildman–Crippen MR) is 126 cm³/mol. The number of aryl methyl sites for hydroxylation is 1. The van der Waals surface area contributed by atoms with Crippen LogP contribution in [0.3, 0.4) is 0 Å². The van der Waals surface area contributed by atoms with E-state index in [0.29, 0.717) is 24.9 Å². The number of nitrogens with one attached hydrogen (secondary N) is 1. The Morgan fingerprint density at radius 3 is 2.58 bits per heavy atom. The summed E-state index contributed by atoms with van der Waals surface area (Å²) >= 11 is 0. The van der Waals surface area contributed by atoms with E-state index in [-0.39, 0.29) is 18.3 Å². The lowest BCUT2D eigenvalue weighted by Gasteiger charge is -2.32. The van der Waals surface area contributed by atoms with E-state index in [4.69, 9.17) is 4.74 Å². The molecule has 2 aromatic carbocycles. The minimum Gasteiger partial charge on any atom is -0.457 e. The fourth-order valence-electron chi connectivity index (χ4n) is 5.43. The van der Waals surface area contributed by atoms with Gasteiger partial charge in [0.05, 0.1) is 11.8 Å². The Labute approximate surface area is 192 Å². The number of hydrogen-bond acceptors (Lipinski definition) is 4. The quantitative estimate of drug-likeness (QED) is 0.461. The van der Waals surface area contributed by atoms with Gasteiger partial charge in [0.25, 0.3) is 0 Å². The van der Waals surface area contributed by atoms with Crippen LogP contribution in [0.4, 0.5) is 5.69 Å². The van der Waals surface area contributed by atoms with E-state index in [9.17, 15) is 14.4 Å². The lowest BCUT2D eigenvalue weighted by Crippen LogP contribution is -2.42. The third-order valence-corrected chi connectivity index (χ3v) is 7.06. The largest absolute Gasteiger partial charge is 0.457 e. The molecule has 33 heavy (non-hydrogen) atoms. The maximum absolute atomic E-state index is 13.4. The zero-order valence-electron chi connectivity index (χ0n) is 18.8. The van der Waals surface area contributed by atoms with Crippen LogP contribution in [0.5, 0.6) is 0 Å². The van der Waals surface area contributed by atoms with Gasteiger partial charge in [-0.2, -0.15) is 0 Å². The molecule has 0 spiro atoms. The Kier molecular flexibility index (Phi) is 5.75. The average Bonchev–Trinajstić information content (AvgIpc) is 3.42. The maximum Gasteiger partial charge on any atom is 0.310 e. The Hall–Kier alpha value is -3.41. The first-order chi connectivity index (χ1) is 16.0. The van der Waals surface area contributed by atoms with Crippen LogP contribution >= 0.6 is 0 Å². The second-order valence-electron chi connectivity index (χ2n) is 9.07. The van der Waals surface area contributed by atoms with Gasteiger partial charge < -0.3 is 14.6 Å². The van der Waals surface area contributed by atoms with Crippen molar-refractivity contribution in [2.75, 3.05) is 18.1 Å². The fourth-order valence-corrected chi connectivity index (χ4v) is 5.43. The Bertz CT molecular complexity index is 1230. The van der Waals surface area contributed by atoms with Crippen LogP contribution in [0.1, 0.15) is 47.3 Å². The van der Waals surface area contributed by atoms with E-state index in [1.165, 1.54) is 5.56 Å². The van der Waals surface area contributed by atoms with Gasteiger partial charge in [-0.1, -0.05) is 49.2 Å². The summed E-state index contributed by atoms with van der Waals surface area (Å²) < 4.78 is 5.51. The van der Waals surface area contributed by atoms with E-state index in [1.54, 1.807) is 0 Å². The van der Waals surface area contributed by atoms with Gasteiger partial charge in [-0.3, -0.25) is 14.4 Å². The molecule has 3 aromatic rings. The number of carbonyl (C=O) groups is 3. The van der Waals surface area contributed by atoms with E-state index in [1.807, 2.05) is 60.4 Å². The number of amides is 1. The van der Waals surface area contributed by atoms with Crippen molar-refractivity contribution in [2.24, 2.45) is 11.8 Å². The summed E-state index contributed by atoms with van der Waals surface area (Å²) in [6.45, 7) is 2.18. The Morgan fingerprint density at radius 1 is 1.00 bits per heavy atom. The number of ether oxygens (including phenoxy) is 1. The highest BCUT2D eigenvalue weighted by atomic mass is 16.5. The molecule has 1 aromatic heterocycles. The average molecular weight is 445 g/mol. The van der Waals surface area contributed by atoms with Gasteiger partial charge in [0.2, 0.25) is 11.7 Å². The molecule has 1 saturated carbocycles. The second-order valence-corrected chi connectivity index (χ2v) is 9.07. The number of esters is 1. The van der Waals surface area contributed by atoms with Crippen molar-refractivity contribution < 1.29 is 19.1 Å². The molecule has 2 heterocycles. The summed E-state index contributed by atoms with van der Waals surface area (Å²) in [6, 6.07) is 15.5. The maximum atomic E-state index is 13.4. The number of anilines is 1. The molecular weight excluding hydrogens is 416 g/mol. The van der Waals surface area contributed by atoms with Crippen LogP contribution in [0, 0.1) is 18.8 Å². The van der Waals surface area contributed by atoms with Crippen LogP contribution < -0.4 is 4.90 Å². The molecular formula is C27H28N2O4. The zero-order valence-corrected chi connectivity index (χ0v) is 18.8. The highest BCUT2D eigenvalue weighted by Gasteiger charge is 2.40. The van der Waals surface area contributed by atoms with Crippen molar-refractivity contribution >= 4 is 34.3 Å². The smallest absolute Gasteiger partial charge is 0.310 e. The Balaban J connectivity index is 1.29. The van der Waals surface area contributed by atoms with E-state index < -0.39 is 17.8 Å². The van der Waals surface area contributed by atoms with Gasteiger partial charge in [-0.25, -0.2) is 0 Å². The molecule has 1 fully saturated rings. The number of aromatic amines is 1. The number of Topliss-reactive ketones (excluding diaryl/α,β-unsaturated/α-hetero) is 1. The number of nitrogens with zero attached hydrogens (tertiary/aromatic N) is 1. The fraction of sp³-hybridized carbons (Fsp3) is 0.370. The van der Waals surface area contributed by atoms with Gasteiger partial charge >= 0.3 is 5.97 Å². The topological polar surface area (TPSA) is 79.5 Å². The Morgan fingerprint density at radius 2 is 1.73 bits per heavy atom. The predicted octanol–water partition coefficient (Wildman–Crippen LogP) is 4.60.